The Bertz CT molecular complexity index is 5710. The van der Waals surface area contributed by atoms with Crippen molar-refractivity contribution < 1.29 is 95.1 Å². The maximum absolute atomic E-state index is 12.9. The fraction of sp³-hybridized carbons (Fsp3) is 0.214. The van der Waals surface area contributed by atoms with Gasteiger partial charge in [0.1, 0.15) is 111 Å². The van der Waals surface area contributed by atoms with E-state index in [0.29, 0.717) is 68.7 Å². The Morgan fingerprint density at radius 2 is 0.844 bits per heavy atom. The van der Waals surface area contributed by atoms with E-state index < -0.39 is 30.3 Å². The van der Waals surface area contributed by atoms with Crippen molar-refractivity contribution >= 4 is 75.3 Å². The zero-order valence-electron chi connectivity index (χ0n) is 66.5. The Balaban J connectivity index is 0.000000171. The fourth-order valence-corrected chi connectivity index (χ4v) is 14.5. The van der Waals surface area contributed by atoms with Gasteiger partial charge in [-0.1, -0.05) is 140 Å². The predicted molar refractivity (Wildman–Crippen MR) is 457 cm³/mol. The highest BCUT2D eigenvalue weighted by atomic mass is 16.7. The molecule has 7 saturated heterocycles. The van der Waals surface area contributed by atoms with Gasteiger partial charge in [-0.3, -0.25) is 14.7 Å². The van der Waals surface area contributed by atoms with Crippen LogP contribution in [0.15, 0.2) is 292 Å². The lowest BCUT2D eigenvalue weighted by Gasteiger charge is -2.16. The van der Waals surface area contributed by atoms with Gasteiger partial charge in [0.05, 0.1) is 57.9 Å². The molecule has 7 fully saturated rings. The van der Waals surface area contributed by atoms with Gasteiger partial charge in [-0.25, -0.2) is 24.2 Å². The topological polar surface area (TPSA) is 247 Å². The van der Waals surface area contributed by atoms with Crippen LogP contribution in [-0.4, -0.2) is 141 Å². The van der Waals surface area contributed by atoms with E-state index >= 15 is 0 Å². The van der Waals surface area contributed by atoms with Crippen molar-refractivity contribution in [3.8, 4) is 62.5 Å². The van der Waals surface area contributed by atoms with Crippen LogP contribution < -0.4 is 52.9 Å². The summed E-state index contributed by atoms with van der Waals surface area (Å²) in [6.45, 7) is 11.1. The summed E-state index contributed by atoms with van der Waals surface area (Å²) in [5.74, 6) is 4.72. The number of cyclic esters (lactones) is 3. The lowest BCUT2D eigenvalue weighted by atomic mass is 10.0. The Kier molecular flexibility index (Phi) is 24.5. The minimum atomic E-state index is -0.465. The Hall–Kier alpha value is -14.3. The third kappa shape index (κ3) is 20.2. The number of hydrogen-bond donors (Lipinski definition) is 0. The average molecular weight is 1640 g/mol. The summed E-state index contributed by atoms with van der Waals surface area (Å²) in [5, 5.41) is 5.68. The number of anilines is 4. The molecule has 12 aromatic carbocycles. The molecule has 3 amide bonds. The molecule has 12 aromatic rings. The SMILES string of the molecule is C=COCOc1ccc(-c2ccc(OCC3CN(c4ccc(Cc5ccc(N6C/C(=C/Oc7ccc(-c8ccc(OCC9CO9)cc8)cc7)OC6=O)cc5)cc4)OC3=O)cc2)cc1.C=O.O=C1OC(COc2cccc3cc(OCC4CO4)ccc23)CN1c1ccc(Cc2ccc(N3CC(COc4cccc5ccc(C6CO6)cc45)OC3=O)cc2)cc1. The van der Waals surface area contributed by atoms with E-state index in [1.165, 1.54) is 12.5 Å². The Labute approximate surface area is 703 Å². The molecule has 7 aliphatic heterocycles. The van der Waals surface area contributed by atoms with E-state index in [2.05, 4.69) is 30.8 Å². The number of ether oxygens (including phenoxy) is 14. The van der Waals surface area contributed by atoms with Crippen molar-refractivity contribution in [1.82, 2.24) is 0 Å². The molecule has 24 nitrogen and oxygen atoms in total. The van der Waals surface area contributed by atoms with Crippen molar-refractivity contribution in [1.29, 1.82) is 0 Å². The zero-order valence-corrected chi connectivity index (χ0v) is 66.5. The molecular formula is C98H86N4O20. The molecule has 0 spiro atoms. The van der Waals surface area contributed by atoms with E-state index in [0.717, 1.165) is 137 Å². The van der Waals surface area contributed by atoms with E-state index in [1.807, 2.05) is 249 Å². The van der Waals surface area contributed by atoms with Gasteiger partial charge in [0, 0.05) is 27.8 Å². The molecule has 6 atom stereocenters. The molecule has 0 saturated carbocycles. The predicted octanol–water partition coefficient (Wildman–Crippen LogP) is 17.8. The molecular weight excluding hydrogens is 1550 g/mol. The number of carbonyl (C=O) groups is 5. The summed E-state index contributed by atoms with van der Waals surface area (Å²) < 4.78 is 79.0. The third-order valence-corrected chi connectivity index (χ3v) is 21.4. The molecule has 0 aromatic heterocycles. The molecule has 7 aliphatic rings. The minimum Gasteiger partial charge on any atom is -0.493 e. The molecule has 0 bridgehead atoms. The van der Waals surface area contributed by atoms with E-state index in [1.54, 1.807) is 19.8 Å². The number of hydrogen-bond acceptors (Lipinski definition) is 21. The second-order valence-corrected chi connectivity index (χ2v) is 29.9. The summed E-state index contributed by atoms with van der Waals surface area (Å²) in [4.78, 5) is 69.8. The zero-order chi connectivity index (χ0) is 83.3. The van der Waals surface area contributed by atoms with Gasteiger partial charge in [0.2, 0.25) is 6.79 Å². The molecule has 6 unspecified atom stereocenters. The van der Waals surface area contributed by atoms with Crippen LogP contribution in [0.2, 0.25) is 0 Å². The molecule has 7 heterocycles. The first-order chi connectivity index (χ1) is 59.9. The molecule has 0 aliphatic carbocycles. The van der Waals surface area contributed by atoms with Crippen LogP contribution in [0.25, 0.3) is 43.8 Å². The third-order valence-electron chi connectivity index (χ3n) is 21.4. The van der Waals surface area contributed by atoms with Crippen LogP contribution in [0.4, 0.5) is 37.1 Å². The van der Waals surface area contributed by atoms with Crippen molar-refractivity contribution in [2.24, 2.45) is 5.92 Å². The second kappa shape index (κ2) is 37.3. The second-order valence-electron chi connectivity index (χ2n) is 29.9. The standard InChI is InChI=1S/C51H44N2O10.C46H40N2O9.CH2O/c1-2-56-34-61-47-25-13-40(14-26-47)37-7-19-44(20-8-37)57-30-41-28-53(63-50(41)54)43-17-5-36(6-18-43)27-35-3-15-42(16-4-35)52-29-48(62-51(52)55)31-58-45-21-9-38(10-22-45)39-11-23-46(24-12-39)59-32-49-33-60-49;49-45-47(22-37(56-45)24-53-42-5-2-4-32-20-36(17-18-40(32)42)51-26-39-27-52-39)34-13-7-29(8-14-34)19-30-9-15-35(16-10-30)48-23-38(57-46(48)50)25-54-43-6-1-3-31-11-12-33(21-41(31)43)44-28-55-44;1-2/h2-26,31,41,49H,1,27-30,32-34H2;1-18,20-21,37-39,44H,19,22-28H2;1H2/b48-31-;;. The van der Waals surface area contributed by atoms with Gasteiger partial charge >= 0.3 is 24.2 Å². The van der Waals surface area contributed by atoms with Gasteiger partial charge in [0.25, 0.3) is 0 Å². The highest BCUT2D eigenvalue weighted by Crippen LogP contribution is 2.38. The van der Waals surface area contributed by atoms with Crippen LogP contribution in [0.3, 0.4) is 0 Å². The fourth-order valence-electron chi connectivity index (χ4n) is 14.5. The van der Waals surface area contributed by atoms with Crippen molar-refractivity contribution in [3.63, 3.8) is 0 Å². The highest BCUT2D eigenvalue weighted by molar-refractivity contribution is 5.93. The van der Waals surface area contributed by atoms with Crippen molar-refractivity contribution in [2.45, 2.75) is 43.4 Å². The minimum absolute atomic E-state index is 0.107. The van der Waals surface area contributed by atoms with Gasteiger partial charge < -0.3 is 75.9 Å². The van der Waals surface area contributed by atoms with Gasteiger partial charge in [0.15, 0.2) is 18.0 Å². The number of carbonyl (C=O) groups excluding carboxylic acids is 5. The first-order valence-corrected chi connectivity index (χ1v) is 40.2. The lowest BCUT2D eigenvalue weighted by Crippen LogP contribution is -2.26. The summed E-state index contributed by atoms with van der Waals surface area (Å²) >= 11 is 0. The largest absolute Gasteiger partial charge is 0.493 e. The van der Waals surface area contributed by atoms with Crippen LogP contribution in [-0.2, 0) is 60.4 Å². The highest BCUT2D eigenvalue weighted by Gasteiger charge is 2.37. The van der Waals surface area contributed by atoms with Crippen LogP contribution in [0.5, 0.6) is 40.2 Å². The molecule has 19 rings (SSSR count). The number of epoxide rings is 3. The maximum atomic E-state index is 12.9. The number of hydroxylamine groups is 1. The monoisotopic (exact) mass is 1640 g/mol. The quantitative estimate of drug-likeness (QED) is 0.0125. The molecule has 122 heavy (non-hydrogen) atoms. The van der Waals surface area contributed by atoms with Crippen LogP contribution >= 0.6 is 0 Å². The van der Waals surface area contributed by atoms with Gasteiger partial charge in [-0.2, -0.15) is 0 Å². The van der Waals surface area contributed by atoms with Crippen molar-refractivity contribution in [2.75, 3.05) is 106 Å². The first kappa shape index (κ1) is 80.1. The number of rotatable bonds is 32. The Morgan fingerprint density at radius 1 is 0.393 bits per heavy atom. The average Bonchev–Trinajstić information content (AvgIpc) is 1.53. The summed E-state index contributed by atoms with van der Waals surface area (Å²) in [6, 6.07) is 86.7. The number of nitrogens with zero attached hydrogens (tertiary/aromatic N) is 4. The molecule has 0 radical (unpaired) electrons. The smallest absolute Gasteiger partial charge is 0.420 e. The summed E-state index contributed by atoms with van der Waals surface area (Å²) in [6.07, 6.45) is 2.69. The van der Waals surface area contributed by atoms with Crippen LogP contribution in [0, 0.1) is 5.92 Å². The number of benzene rings is 12. The van der Waals surface area contributed by atoms with Crippen molar-refractivity contribution in [3.05, 3.63) is 320 Å². The van der Waals surface area contributed by atoms with Crippen LogP contribution in [0.1, 0.15) is 33.9 Å². The van der Waals surface area contributed by atoms with E-state index in [-0.39, 0.29) is 63.5 Å². The number of fused-ring (bicyclic) bond motifs is 2. The van der Waals surface area contributed by atoms with E-state index in [9.17, 15) is 19.2 Å². The Morgan fingerprint density at radius 3 is 1.35 bits per heavy atom. The summed E-state index contributed by atoms with van der Waals surface area (Å²) in [7, 11) is 0. The first-order valence-electron chi connectivity index (χ1n) is 40.2. The molecule has 24 heteroatoms. The lowest BCUT2D eigenvalue weighted by molar-refractivity contribution is -0.143. The summed E-state index contributed by atoms with van der Waals surface area (Å²) in [5.41, 5.74) is 12.7. The normalized spacial score (nSPS) is 18.8. The van der Waals surface area contributed by atoms with E-state index in [4.69, 9.17) is 75.9 Å². The molecule has 0 N–H and O–H groups in total. The van der Waals surface area contributed by atoms with Gasteiger partial charge in [-0.05, 0) is 207 Å². The molecule has 618 valence electrons. The van der Waals surface area contributed by atoms with Gasteiger partial charge in [-0.15, -0.1) is 0 Å². The number of amides is 3. The maximum Gasteiger partial charge on any atom is 0.420 e.